The summed E-state index contributed by atoms with van der Waals surface area (Å²) in [5.74, 6) is -2.54. The summed E-state index contributed by atoms with van der Waals surface area (Å²) in [7, 11) is 0. The molecule has 4 saturated heterocycles. The van der Waals surface area contributed by atoms with Crippen LogP contribution in [0.5, 0.6) is 0 Å². The Morgan fingerprint density at radius 1 is 0.400 bits per heavy atom. The minimum Gasteiger partial charge on any atom is -0.443 e. The maximum atomic E-state index is 15.0. The van der Waals surface area contributed by atoms with Crippen LogP contribution in [-0.2, 0) is 70.4 Å². The molecule has 0 radical (unpaired) electrons. The lowest BCUT2D eigenvalue weighted by Crippen LogP contribution is -2.60. The number of carbonyl (C=O) groups excluding carboxylic acids is 12. The first-order chi connectivity index (χ1) is 67.6. The molecule has 8 heterocycles. The van der Waals surface area contributed by atoms with Gasteiger partial charge in [0.1, 0.15) is 29.8 Å². The van der Waals surface area contributed by atoms with Gasteiger partial charge in [0.05, 0.1) is 103 Å². The highest BCUT2D eigenvalue weighted by atomic mass is 32.1. The van der Waals surface area contributed by atoms with Gasteiger partial charge in [0.25, 0.3) is 0 Å². The zero-order valence-corrected chi connectivity index (χ0v) is 91.5. The minimum absolute atomic E-state index is 0.0261. The number of nitrogens with zero attached hydrogens (tertiary/aromatic N) is 8. The van der Waals surface area contributed by atoms with Gasteiger partial charge in [-0.3, -0.25) is 57.5 Å². The number of aromatic nitrogens is 4. The average Bonchev–Trinajstić information content (AvgIpc) is 1.81. The van der Waals surface area contributed by atoms with Crippen molar-refractivity contribution in [3.05, 3.63) is 165 Å². The van der Waals surface area contributed by atoms with Crippen molar-refractivity contribution < 1.29 is 86.8 Å². The Morgan fingerprint density at radius 3 is 1.03 bits per heavy atom. The van der Waals surface area contributed by atoms with Gasteiger partial charge in [-0.15, -0.1) is 34.0 Å². The van der Waals surface area contributed by atoms with E-state index in [9.17, 15) is 78.0 Å². The maximum absolute atomic E-state index is 15.0. The Morgan fingerprint density at radius 2 is 0.717 bits per heavy atom. The third-order valence-electron chi connectivity index (χ3n) is 27.7. The zero-order chi connectivity index (χ0) is 107. The van der Waals surface area contributed by atoms with Crippen molar-refractivity contribution in [1.29, 1.82) is 0 Å². The van der Waals surface area contributed by atoms with Crippen LogP contribution >= 0.6 is 34.0 Å². The van der Waals surface area contributed by atoms with Crippen LogP contribution in [0.25, 0.3) is 42.6 Å². The molecule has 788 valence electrons. The van der Waals surface area contributed by atoms with Crippen LogP contribution in [0.3, 0.4) is 0 Å². The van der Waals surface area contributed by atoms with E-state index in [-0.39, 0.29) is 160 Å². The number of thiazole rings is 3. The normalized spacial score (nSPS) is 20.1. The van der Waals surface area contributed by atoms with Crippen molar-refractivity contribution in [3.63, 3.8) is 0 Å². The molecular formula is C112H153FN12O17S3. The topological polar surface area (TPSA) is 412 Å². The van der Waals surface area contributed by atoms with Gasteiger partial charge in [-0.25, -0.2) is 24.3 Å². The van der Waals surface area contributed by atoms with E-state index < -0.39 is 117 Å². The Hall–Kier alpha value is -10.8. The van der Waals surface area contributed by atoms with Crippen LogP contribution in [0.1, 0.15) is 273 Å². The third kappa shape index (κ3) is 30.7. The summed E-state index contributed by atoms with van der Waals surface area (Å²) in [4.78, 5) is 184. The monoisotopic (exact) mass is 2050 g/mol. The first-order valence-corrected chi connectivity index (χ1v) is 53.2. The van der Waals surface area contributed by atoms with Gasteiger partial charge in [-0.1, -0.05) is 235 Å². The van der Waals surface area contributed by atoms with Crippen molar-refractivity contribution in [1.82, 2.24) is 60.8 Å². The highest BCUT2D eigenvalue weighted by Gasteiger charge is 2.51. The van der Waals surface area contributed by atoms with E-state index in [1.54, 1.807) is 96.3 Å². The summed E-state index contributed by atoms with van der Waals surface area (Å²) >= 11 is 4.79. The molecule has 1 aliphatic carbocycles. The second kappa shape index (κ2) is 48.9. The number of Topliss-reactive ketones (excluding diaryl/α,β-unsaturated/α-hetero) is 4. The van der Waals surface area contributed by atoms with Crippen molar-refractivity contribution in [2.24, 2.45) is 38.9 Å². The predicted molar refractivity (Wildman–Crippen MR) is 563 cm³/mol. The van der Waals surface area contributed by atoms with Crippen LogP contribution in [0.2, 0.25) is 0 Å². The number of hydrogen-bond acceptors (Lipinski definition) is 24. The molecule has 4 aromatic heterocycles. The van der Waals surface area contributed by atoms with Gasteiger partial charge in [0.15, 0.2) is 35.3 Å². The molecule has 14 atom stereocenters. The number of alkyl halides is 1. The lowest BCUT2D eigenvalue weighted by molar-refractivity contribution is -0.145. The molecule has 4 aromatic carbocycles. The zero-order valence-electron chi connectivity index (χ0n) is 89.1. The summed E-state index contributed by atoms with van der Waals surface area (Å²) in [5.41, 5.74) is 12.2. The van der Waals surface area contributed by atoms with Gasteiger partial charge in [-0.05, 0) is 135 Å². The fraction of sp³-hybridized carbons (Fsp3) is 0.571. The SMILES string of the molecule is Cc1ncoc1-c1ccc(C(C)CC(=O)C2CC(O)CN2C(=O)C(NC(=O)C(C)(C)C)C(C)(C)C)cc1.Cc1ncsc1-c1ccc(C(C)CC(=O)C2CC(O)CN2C(=O)C(NC(=O)C(C)(C)C)C2CCC2)cc1.Cc1ncsc1-c1ccc(CCC(=O)C2CC(O)CN2C(=O)C(NC(=O)C(C)(C)C)C(C)(C)F)cc1.Cc1ncsc1-c1ccc(CCC(=O)C2CC(O)CN2C(=O)C(NC(=O)C(C)(C)C)C(C)C)cc1. The summed E-state index contributed by atoms with van der Waals surface area (Å²) < 4.78 is 20.5. The number of oxazole rings is 1. The van der Waals surface area contributed by atoms with Crippen molar-refractivity contribution in [2.75, 3.05) is 26.2 Å². The van der Waals surface area contributed by atoms with Crippen LogP contribution in [0.4, 0.5) is 4.39 Å². The number of β-amino-alcohol motifs (C(OH)–C–C–N with tert-alkyl or cyclic N) is 4. The highest BCUT2D eigenvalue weighted by Crippen LogP contribution is 2.40. The highest BCUT2D eigenvalue weighted by molar-refractivity contribution is 7.14. The Bertz CT molecular complexity index is 5830. The minimum atomic E-state index is -2.06. The molecule has 0 bridgehead atoms. The summed E-state index contributed by atoms with van der Waals surface area (Å²) in [6.07, 6.45) is 3.83. The lowest BCUT2D eigenvalue weighted by Gasteiger charge is -2.38. The number of halogens is 1. The molecule has 8 amide bonds. The molecule has 0 spiro atoms. The molecule has 4 aliphatic heterocycles. The second-order valence-corrected chi connectivity index (χ2v) is 48.5. The van der Waals surface area contributed by atoms with Crippen molar-refractivity contribution >= 4 is 104 Å². The molecule has 5 aliphatic rings. The van der Waals surface area contributed by atoms with E-state index in [2.05, 4.69) is 53.3 Å². The molecule has 8 aromatic rings. The first kappa shape index (κ1) is 116. The number of nitrogens with one attached hydrogen (secondary N) is 4. The standard InChI is InChI=1S/C29H41N3O5.C29H39N3O4S.C27H36FN3O4S.C27H37N3O4S/c1-17(19-9-11-20(12-10-19)24-18(2)30-16-37-24)13-23(34)22-14-21(33)15-32(22)26(35)25(28(3,4)5)31-27(36)29(6,7)8;1-17(19-9-11-21(12-10-19)26-18(2)30-16-37-26)13-24(34)23-14-22(33)15-32(23)27(35)25(20-7-6-8-20)31-28(36)29(3,4)5;1-16-22(36-15-29-16)18-10-7-17(8-11-18)9-12-21(33)20-13-19(32)14-31(20)24(34)23(27(5,6)28)30-25(35)26(2,3)4;1-16(2)23(29-26(34)27(4,5)6)25(33)30-14-20(31)13-21(30)22(32)12-9-18-7-10-19(11-8-18)24-17(3)28-15-35-24/h9-12,16-17,21-22,25,33H,13-15H2,1-8H3,(H,31,36);9-12,16-17,20,22-23,25,33H,6-8,13-15H2,1-5H3,(H,31,36);7-8,10-11,15,19-20,23,32H,9,12-14H2,1-6H3,(H,30,35);7-8,10-11,15-16,20-21,23,31H,9,12-14H2,1-6H3,(H,29,34). The molecule has 14 unspecified atom stereocenters. The van der Waals surface area contributed by atoms with Crippen molar-refractivity contribution in [2.45, 2.75) is 347 Å². The number of rotatable bonds is 31. The van der Waals surface area contributed by atoms with Gasteiger partial charge in [-0.2, -0.15) is 0 Å². The molecule has 8 N–H and O–H groups in total. The quantitative estimate of drug-likeness (QED) is 0.0200. The first-order valence-electron chi connectivity index (χ1n) is 50.6. The van der Waals surface area contributed by atoms with Crippen LogP contribution in [0, 0.1) is 66.6 Å². The molecule has 13 rings (SSSR count). The smallest absolute Gasteiger partial charge is 0.249 e. The predicted octanol–water partition coefficient (Wildman–Crippen LogP) is 16.4. The van der Waals surface area contributed by atoms with Crippen LogP contribution in [-0.4, -0.2) is 235 Å². The number of likely N-dealkylation sites (tertiary alicyclic amines) is 4. The molecular weight excluding hydrogens is 1900 g/mol. The average molecular weight is 2050 g/mol. The lowest BCUT2D eigenvalue weighted by atomic mass is 9.78. The fourth-order valence-corrected chi connectivity index (χ4v) is 20.7. The third-order valence-corrected chi connectivity index (χ3v) is 30.6. The number of ketones is 4. The number of aryl methyl sites for hydroxylation is 6. The molecule has 29 nitrogen and oxygen atoms in total. The fourth-order valence-electron chi connectivity index (χ4n) is 18.3. The number of hydrogen-bond donors (Lipinski definition) is 8. The second-order valence-electron chi connectivity index (χ2n) is 45.9. The molecule has 1 saturated carbocycles. The summed E-state index contributed by atoms with van der Waals surface area (Å²) in [6.45, 7) is 45.1. The maximum Gasteiger partial charge on any atom is 0.249 e. The van der Waals surface area contributed by atoms with Gasteiger partial charge in [0.2, 0.25) is 47.3 Å². The molecule has 145 heavy (non-hydrogen) atoms. The molecule has 5 fully saturated rings. The van der Waals surface area contributed by atoms with Crippen LogP contribution in [0.15, 0.2) is 124 Å². The van der Waals surface area contributed by atoms with E-state index >= 15 is 4.39 Å². The largest absolute Gasteiger partial charge is 0.443 e. The Kier molecular flexibility index (Phi) is 39.1. The van der Waals surface area contributed by atoms with Crippen molar-refractivity contribution in [3.8, 4) is 42.6 Å². The summed E-state index contributed by atoms with van der Waals surface area (Å²) in [6, 6.07) is 25.5. The van der Waals surface area contributed by atoms with Gasteiger partial charge < -0.3 is 65.7 Å². The van der Waals surface area contributed by atoms with E-state index in [4.69, 9.17) is 4.42 Å². The number of amides is 8. The van der Waals surface area contributed by atoms with E-state index in [1.807, 2.05) is 198 Å². The van der Waals surface area contributed by atoms with Crippen LogP contribution < -0.4 is 21.3 Å². The van der Waals surface area contributed by atoms with E-state index in [0.717, 1.165) is 107 Å². The van der Waals surface area contributed by atoms with Gasteiger partial charge >= 0.3 is 0 Å². The van der Waals surface area contributed by atoms with E-state index in [1.165, 1.54) is 39.8 Å². The number of aliphatic hydroxyl groups excluding tert-OH is 4. The van der Waals surface area contributed by atoms with E-state index in [0.29, 0.717) is 12.8 Å². The summed E-state index contributed by atoms with van der Waals surface area (Å²) in [5, 5.41) is 52.6. The Balaban J connectivity index is 0.000000198. The molecule has 33 heteroatoms. The number of carbonyl (C=O) groups is 12. The number of aliphatic hydroxyl groups is 4. The number of benzene rings is 4. The van der Waals surface area contributed by atoms with Gasteiger partial charge in [0, 0.05) is 105 Å². The Labute approximate surface area is 866 Å².